The Labute approximate surface area is 110 Å². The third-order valence-corrected chi connectivity index (χ3v) is 4.77. The summed E-state index contributed by atoms with van der Waals surface area (Å²) in [6, 6.07) is 0. The van der Waals surface area contributed by atoms with Gasteiger partial charge in [0, 0.05) is 11.0 Å². The molecule has 1 heterocycles. The van der Waals surface area contributed by atoms with Crippen LogP contribution in [0.5, 0.6) is 0 Å². The summed E-state index contributed by atoms with van der Waals surface area (Å²) in [6.45, 7) is 3.93. The van der Waals surface area contributed by atoms with Crippen molar-refractivity contribution in [2.45, 2.75) is 37.4 Å². The standard InChI is InChI=1S/C10H12F3NO2S2/c1-3-5(2)17-4-6-14-8(10(11,12)13)7(18-6)9(15)16/h5H,3-4H2,1-2H3,(H,15,16). The number of carboxylic acid groups (broad SMARTS) is 1. The monoisotopic (exact) mass is 299 g/mol. The summed E-state index contributed by atoms with van der Waals surface area (Å²) in [5.41, 5.74) is -1.29. The molecule has 0 amide bonds. The Balaban J connectivity index is 2.93. The lowest BCUT2D eigenvalue weighted by atomic mass is 10.3. The van der Waals surface area contributed by atoms with Gasteiger partial charge in [0.05, 0.1) is 0 Å². The smallest absolute Gasteiger partial charge is 0.435 e. The lowest BCUT2D eigenvalue weighted by molar-refractivity contribution is -0.141. The third kappa shape index (κ3) is 3.88. The van der Waals surface area contributed by atoms with Crippen molar-refractivity contribution in [3.8, 4) is 0 Å². The highest BCUT2D eigenvalue weighted by atomic mass is 32.2. The predicted octanol–water partition coefficient (Wildman–Crippen LogP) is 3.89. The quantitative estimate of drug-likeness (QED) is 0.896. The molecule has 0 aliphatic rings. The highest BCUT2D eigenvalue weighted by Crippen LogP contribution is 2.35. The lowest BCUT2D eigenvalue weighted by Gasteiger charge is -2.05. The zero-order valence-electron chi connectivity index (χ0n) is 9.74. The summed E-state index contributed by atoms with van der Waals surface area (Å²) in [6.07, 6.45) is -3.82. The molecule has 0 aliphatic heterocycles. The first-order valence-electron chi connectivity index (χ1n) is 5.17. The summed E-state index contributed by atoms with van der Waals surface area (Å²) in [7, 11) is 0. The number of aromatic nitrogens is 1. The molecule has 0 saturated carbocycles. The number of hydrogen-bond donors (Lipinski definition) is 1. The summed E-state index contributed by atoms with van der Waals surface area (Å²) >= 11 is 2.06. The Morgan fingerprint density at radius 3 is 2.56 bits per heavy atom. The maximum Gasteiger partial charge on any atom is 0.435 e. The predicted molar refractivity (Wildman–Crippen MR) is 65.1 cm³/mol. The fourth-order valence-electron chi connectivity index (χ4n) is 1.09. The third-order valence-electron chi connectivity index (χ3n) is 2.20. The molecule has 1 aromatic rings. The van der Waals surface area contributed by atoms with Crippen LogP contribution in [0.4, 0.5) is 13.2 Å². The second kappa shape index (κ2) is 5.92. The normalized spacial score (nSPS) is 13.6. The first-order valence-corrected chi connectivity index (χ1v) is 7.04. The molecule has 0 saturated heterocycles. The molecule has 3 nitrogen and oxygen atoms in total. The van der Waals surface area contributed by atoms with Crippen LogP contribution >= 0.6 is 23.1 Å². The molecular weight excluding hydrogens is 287 g/mol. The van der Waals surface area contributed by atoms with Crippen LogP contribution in [0.15, 0.2) is 0 Å². The summed E-state index contributed by atoms with van der Waals surface area (Å²) in [5.74, 6) is -1.28. The van der Waals surface area contributed by atoms with E-state index in [1.807, 2.05) is 13.8 Å². The van der Waals surface area contributed by atoms with E-state index in [0.29, 0.717) is 22.3 Å². The molecule has 1 unspecified atom stereocenters. The van der Waals surface area contributed by atoms with Gasteiger partial charge in [0.2, 0.25) is 0 Å². The molecule has 0 spiro atoms. The van der Waals surface area contributed by atoms with Gasteiger partial charge < -0.3 is 5.11 Å². The van der Waals surface area contributed by atoms with Crippen molar-refractivity contribution in [2.75, 3.05) is 0 Å². The van der Waals surface area contributed by atoms with Gasteiger partial charge in [-0.05, 0) is 6.42 Å². The maximum absolute atomic E-state index is 12.6. The minimum atomic E-state index is -4.72. The van der Waals surface area contributed by atoms with Crippen LogP contribution in [0.3, 0.4) is 0 Å². The van der Waals surface area contributed by atoms with Gasteiger partial charge in [-0.2, -0.15) is 24.9 Å². The minimum Gasteiger partial charge on any atom is -0.477 e. The number of alkyl halides is 3. The van der Waals surface area contributed by atoms with Crippen LogP contribution in [0.25, 0.3) is 0 Å². The molecule has 102 valence electrons. The highest BCUT2D eigenvalue weighted by Gasteiger charge is 2.39. The number of carboxylic acids is 1. The highest BCUT2D eigenvalue weighted by molar-refractivity contribution is 7.99. The molecule has 1 aromatic heterocycles. The SMILES string of the molecule is CCC(C)SCc1nc(C(F)(F)F)c(C(=O)O)s1. The van der Waals surface area contributed by atoms with Crippen molar-refractivity contribution < 1.29 is 23.1 Å². The number of carbonyl (C=O) groups is 1. The van der Waals surface area contributed by atoms with Gasteiger partial charge in [0.15, 0.2) is 5.69 Å². The van der Waals surface area contributed by atoms with Crippen molar-refractivity contribution in [2.24, 2.45) is 0 Å². The van der Waals surface area contributed by atoms with E-state index in [1.165, 1.54) is 11.8 Å². The second-order valence-corrected chi connectivity index (χ2v) is 6.13. The van der Waals surface area contributed by atoms with Gasteiger partial charge in [-0.15, -0.1) is 11.3 Å². The molecule has 1 N–H and O–H groups in total. The molecule has 0 radical (unpaired) electrons. The number of thioether (sulfide) groups is 1. The van der Waals surface area contributed by atoms with Gasteiger partial charge in [0.1, 0.15) is 9.88 Å². The van der Waals surface area contributed by atoms with Crippen LogP contribution in [0.1, 0.15) is 40.6 Å². The number of aromatic carboxylic acids is 1. The van der Waals surface area contributed by atoms with E-state index >= 15 is 0 Å². The Morgan fingerprint density at radius 1 is 1.56 bits per heavy atom. The molecule has 0 aromatic carbocycles. The first-order chi connectivity index (χ1) is 8.25. The van der Waals surface area contributed by atoms with Crippen LogP contribution < -0.4 is 0 Å². The van der Waals surface area contributed by atoms with Crippen molar-refractivity contribution in [3.63, 3.8) is 0 Å². The Bertz CT molecular complexity index is 431. The molecule has 1 atom stereocenters. The summed E-state index contributed by atoms with van der Waals surface area (Å²) in [4.78, 5) is 13.4. The second-order valence-electron chi connectivity index (χ2n) is 3.62. The van der Waals surface area contributed by atoms with Crippen LogP contribution in [0.2, 0.25) is 0 Å². The van der Waals surface area contributed by atoms with Crippen LogP contribution in [-0.4, -0.2) is 21.3 Å². The zero-order valence-corrected chi connectivity index (χ0v) is 11.4. The van der Waals surface area contributed by atoms with Gasteiger partial charge in [0.25, 0.3) is 0 Å². The largest absolute Gasteiger partial charge is 0.477 e. The van der Waals surface area contributed by atoms with Crippen LogP contribution in [-0.2, 0) is 11.9 Å². The fourth-order valence-corrected chi connectivity index (χ4v) is 2.98. The molecule has 0 bridgehead atoms. The van der Waals surface area contributed by atoms with Crippen molar-refractivity contribution in [3.05, 3.63) is 15.6 Å². The van der Waals surface area contributed by atoms with E-state index in [1.54, 1.807) is 0 Å². The average Bonchev–Trinajstić information content (AvgIpc) is 2.69. The van der Waals surface area contributed by atoms with E-state index in [9.17, 15) is 18.0 Å². The van der Waals surface area contributed by atoms with E-state index in [4.69, 9.17) is 5.11 Å². The summed E-state index contributed by atoms with van der Waals surface area (Å²) in [5, 5.41) is 9.23. The van der Waals surface area contributed by atoms with Crippen LogP contribution in [0, 0.1) is 0 Å². The van der Waals surface area contributed by atoms with E-state index < -0.39 is 22.7 Å². The molecule has 0 aliphatic carbocycles. The molecular formula is C10H12F3NO2S2. The molecule has 8 heteroatoms. The topological polar surface area (TPSA) is 50.2 Å². The van der Waals surface area contributed by atoms with Crippen molar-refractivity contribution >= 4 is 29.1 Å². The molecule has 1 rings (SSSR count). The first kappa shape index (κ1) is 15.3. The van der Waals surface area contributed by atoms with E-state index in [-0.39, 0.29) is 5.01 Å². The van der Waals surface area contributed by atoms with Crippen molar-refractivity contribution in [1.82, 2.24) is 4.98 Å². The minimum absolute atomic E-state index is 0.199. The Hall–Kier alpha value is -0.760. The molecule has 0 fully saturated rings. The van der Waals surface area contributed by atoms with Gasteiger partial charge in [-0.25, -0.2) is 9.78 Å². The van der Waals surface area contributed by atoms with Crippen molar-refractivity contribution in [1.29, 1.82) is 0 Å². The Kier molecular flexibility index (Phi) is 5.03. The van der Waals surface area contributed by atoms with E-state index in [2.05, 4.69) is 4.98 Å². The number of rotatable bonds is 5. The average molecular weight is 299 g/mol. The van der Waals surface area contributed by atoms with Gasteiger partial charge >= 0.3 is 12.1 Å². The van der Waals surface area contributed by atoms with Gasteiger partial charge in [-0.1, -0.05) is 13.8 Å². The van der Waals surface area contributed by atoms with Gasteiger partial charge in [-0.3, -0.25) is 0 Å². The Morgan fingerprint density at radius 2 is 2.17 bits per heavy atom. The maximum atomic E-state index is 12.6. The number of hydrogen-bond acceptors (Lipinski definition) is 4. The fraction of sp³-hybridized carbons (Fsp3) is 0.600. The number of halogens is 3. The molecule has 18 heavy (non-hydrogen) atoms. The summed E-state index contributed by atoms with van der Waals surface area (Å²) < 4.78 is 37.7. The number of nitrogens with zero attached hydrogens (tertiary/aromatic N) is 1. The lowest BCUT2D eigenvalue weighted by Crippen LogP contribution is -2.11. The zero-order chi connectivity index (χ0) is 13.9. The number of thiazole rings is 1. The van der Waals surface area contributed by atoms with E-state index in [0.717, 1.165) is 6.42 Å².